The monoisotopic (exact) mass is 165 g/mol. The van der Waals surface area contributed by atoms with E-state index in [1.807, 2.05) is 0 Å². The van der Waals surface area contributed by atoms with E-state index >= 15 is 0 Å². The number of aromatic nitrogens is 2. The normalized spacial score (nSPS) is 16.1. The van der Waals surface area contributed by atoms with Crippen molar-refractivity contribution in [1.82, 2.24) is 9.97 Å². The molecule has 1 heterocycles. The lowest BCUT2D eigenvalue weighted by molar-refractivity contribution is 0.667. The second-order valence-corrected chi connectivity index (χ2v) is 3.35. The molecule has 66 valence electrons. The van der Waals surface area contributed by atoms with Crippen molar-refractivity contribution in [2.45, 2.75) is 32.1 Å². The van der Waals surface area contributed by atoms with Crippen LogP contribution in [0.1, 0.15) is 30.1 Å². The van der Waals surface area contributed by atoms with Crippen molar-refractivity contribution >= 4 is 0 Å². The zero-order chi connectivity index (χ0) is 8.39. The lowest BCUT2D eigenvalue weighted by Gasteiger charge is -2.07. The highest BCUT2D eigenvalue weighted by Crippen LogP contribution is 2.18. The van der Waals surface area contributed by atoms with Gasteiger partial charge in [0.15, 0.2) is 0 Å². The molecule has 0 radical (unpaired) electrons. The van der Waals surface area contributed by atoms with Gasteiger partial charge in [-0.25, -0.2) is 4.98 Å². The van der Waals surface area contributed by atoms with Crippen LogP contribution in [0, 0.1) is 0 Å². The molecule has 0 saturated carbocycles. The van der Waals surface area contributed by atoms with Gasteiger partial charge < -0.3 is 10.7 Å². The van der Waals surface area contributed by atoms with Gasteiger partial charge in [-0.2, -0.15) is 0 Å². The maximum Gasteiger partial charge on any atom is 0.107 e. The zero-order valence-electron chi connectivity index (χ0n) is 7.27. The Kier molecular flexibility index (Phi) is 2.13. The standard InChI is InChI=1S/C9H15N3/c10-6-5-9-11-7-3-1-2-4-8(7)12-9/h1-6,10H2,(H,11,12). The molecule has 2 rings (SSSR count). The Balaban J connectivity index is 2.20. The van der Waals surface area contributed by atoms with Crippen LogP contribution in [0.15, 0.2) is 0 Å². The Morgan fingerprint density at radius 3 is 2.92 bits per heavy atom. The first kappa shape index (κ1) is 7.80. The van der Waals surface area contributed by atoms with Gasteiger partial charge in [0, 0.05) is 12.1 Å². The van der Waals surface area contributed by atoms with E-state index in [4.69, 9.17) is 5.73 Å². The fourth-order valence-corrected chi connectivity index (χ4v) is 1.77. The van der Waals surface area contributed by atoms with Crippen LogP contribution in [0.5, 0.6) is 0 Å². The molecule has 1 aliphatic rings. The molecule has 12 heavy (non-hydrogen) atoms. The summed E-state index contributed by atoms with van der Waals surface area (Å²) in [6, 6.07) is 0. The first-order chi connectivity index (χ1) is 5.90. The topological polar surface area (TPSA) is 54.7 Å². The Bertz CT molecular complexity index is 241. The second-order valence-electron chi connectivity index (χ2n) is 3.35. The largest absolute Gasteiger partial charge is 0.346 e. The Morgan fingerprint density at radius 1 is 1.33 bits per heavy atom. The van der Waals surface area contributed by atoms with Crippen molar-refractivity contribution in [3.8, 4) is 0 Å². The van der Waals surface area contributed by atoms with Crippen LogP contribution in [0.3, 0.4) is 0 Å². The van der Waals surface area contributed by atoms with Gasteiger partial charge in [0.25, 0.3) is 0 Å². The minimum Gasteiger partial charge on any atom is -0.346 e. The molecular formula is C9H15N3. The van der Waals surface area contributed by atoms with E-state index in [1.54, 1.807) is 0 Å². The Labute approximate surface area is 72.4 Å². The molecule has 0 bridgehead atoms. The Morgan fingerprint density at radius 2 is 2.17 bits per heavy atom. The van der Waals surface area contributed by atoms with Gasteiger partial charge in [0.2, 0.25) is 0 Å². The fourth-order valence-electron chi connectivity index (χ4n) is 1.77. The van der Waals surface area contributed by atoms with Gasteiger partial charge in [-0.3, -0.25) is 0 Å². The number of hydrogen-bond acceptors (Lipinski definition) is 2. The summed E-state index contributed by atoms with van der Waals surface area (Å²) in [5, 5.41) is 0. The van der Waals surface area contributed by atoms with Gasteiger partial charge in [-0.05, 0) is 32.2 Å². The van der Waals surface area contributed by atoms with Gasteiger partial charge >= 0.3 is 0 Å². The zero-order valence-corrected chi connectivity index (χ0v) is 7.27. The number of nitrogens with one attached hydrogen (secondary N) is 1. The van der Waals surface area contributed by atoms with Crippen LogP contribution < -0.4 is 5.73 Å². The molecule has 0 unspecified atom stereocenters. The first-order valence-electron chi connectivity index (χ1n) is 4.67. The molecule has 3 nitrogen and oxygen atoms in total. The number of nitrogens with two attached hydrogens (primary N) is 1. The number of nitrogens with zero attached hydrogens (tertiary/aromatic N) is 1. The Hall–Kier alpha value is -0.830. The molecule has 0 amide bonds. The van der Waals surface area contributed by atoms with Crippen molar-refractivity contribution in [3.05, 3.63) is 17.2 Å². The molecule has 0 atom stereocenters. The van der Waals surface area contributed by atoms with E-state index in [9.17, 15) is 0 Å². The number of fused-ring (bicyclic) bond motifs is 1. The minimum absolute atomic E-state index is 0.687. The van der Waals surface area contributed by atoms with Crippen LogP contribution in [-0.4, -0.2) is 16.5 Å². The van der Waals surface area contributed by atoms with Crippen molar-refractivity contribution in [2.24, 2.45) is 5.73 Å². The lowest BCUT2D eigenvalue weighted by Crippen LogP contribution is -2.03. The summed E-state index contributed by atoms with van der Waals surface area (Å²) in [4.78, 5) is 7.85. The molecule has 0 aromatic carbocycles. The van der Waals surface area contributed by atoms with Crippen LogP contribution >= 0.6 is 0 Å². The lowest BCUT2D eigenvalue weighted by atomic mass is 10.0. The highest BCUT2D eigenvalue weighted by molar-refractivity contribution is 5.17. The highest BCUT2D eigenvalue weighted by Gasteiger charge is 2.13. The fraction of sp³-hybridized carbons (Fsp3) is 0.667. The summed E-state index contributed by atoms with van der Waals surface area (Å²) in [6.07, 6.45) is 5.80. The molecule has 0 fully saturated rings. The van der Waals surface area contributed by atoms with E-state index in [2.05, 4.69) is 9.97 Å². The number of hydrogen-bond donors (Lipinski definition) is 2. The summed E-state index contributed by atoms with van der Waals surface area (Å²) < 4.78 is 0. The third kappa shape index (κ3) is 1.37. The molecular weight excluding hydrogens is 150 g/mol. The van der Waals surface area contributed by atoms with Crippen molar-refractivity contribution in [2.75, 3.05) is 6.54 Å². The summed E-state index contributed by atoms with van der Waals surface area (Å²) in [6.45, 7) is 0.687. The second kappa shape index (κ2) is 3.27. The van der Waals surface area contributed by atoms with Crippen LogP contribution in [0.25, 0.3) is 0 Å². The van der Waals surface area contributed by atoms with Gasteiger partial charge in [0.1, 0.15) is 5.82 Å². The molecule has 1 aromatic heterocycles. The molecule has 0 spiro atoms. The number of rotatable bonds is 2. The van der Waals surface area contributed by atoms with E-state index < -0.39 is 0 Å². The summed E-state index contributed by atoms with van der Waals surface area (Å²) in [7, 11) is 0. The molecule has 0 saturated heterocycles. The predicted octanol–water partition coefficient (Wildman–Crippen LogP) is 0.790. The predicted molar refractivity (Wildman–Crippen MR) is 48.0 cm³/mol. The van der Waals surface area contributed by atoms with E-state index in [0.717, 1.165) is 18.7 Å². The van der Waals surface area contributed by atoms with Crippen LogP contribution in [-0.2, 0) is 19.3 Å². The average Bonchev–Trinajstić information content (AvgIpc) is 2.47. The van der Waals surface area contributed by atoms with E-state index in [-0.39, 0.29) is 0 Å². The van der Waals surface area contributed by atoms with Crippen molar-refractivity contribution in [3.63, 3.8) is 0 Å². The number of H-pyrrole nitrogens is 1. The molecule has 1 aliphatic carbocycles. The molecule has 3 N–H and O–H groups in total. The van der Waals surface area contributed by atoms with Gasteiger partial charge in [-0.15, -0.1) is 0 Å². The molecule has 1 aromatic rings. The van der Waals surface area contributed by atoms with Crippen molar-refractivity contribution in [1.29, 1.82) is 0 Å². The minimum atomic E-state index is 0.687. The average molecular weight is 165 g/mol. The van der Waals surface area contributed by atoms with Crippen LogP contribution in [0.4, 0.5) is 0 Å². The quantitative estimate of drug-likeness (QED) is 0.680. The highest BCUT2D eigenvalue weighted by atomic mass is 14.9. The van der Waals surface area contributed by atoms with Gasteiger partial charge in [0.05, 0.1) is 5.69 Å². The van der Waals surface area contributed by atoms with Crippen LogP contribution in [0.2, 0.25) is 0 Å². The summed E-state index contributed by atoms with van der Waals surface area (Å²) in [5.74, 6) is 1.07. The number of aryl methyl sites for hydroxylation is 2. The van der Waals surface area contributed by atoms with E-state index in [1.165, 1.54) is 30.7 Å². The molecule has 3 heteroatoms. The molecule has 0 aliphatic heterocycles. The van der Waals surface area contributed by atoms with Crippen molar-refractivity contribution < 1.29 is 0 Å². The van der Waals surface area contributed by atoms with E-state index in [0.29, 0.717) is 6.54 Å². The number of aromatic amines is 1. The summed E-state index contributed by atoms with van der Waals surface area (Å²) >= 11 is 0. The van der Waals surface area contributed by atoms with Gasteiger partial charge in [-0.1, -0.05) is 0 Å². The third-order valence-electron chi connectivity index (χ3n) is 2.38. The smallest absolute Gasteiger partial charge is 0.107 e. The third-order valence-corrected chi connectivity index (χ3v) is 2.38. The summed E-state index contributed by atoms with van der Waals surface area (Å²) in [5.41, 5.74) is 8.09. The number of imidazole rings is 1. The first-order valence-corrected chi connectivity index (χ1v) is 4.67. The maximum absolute atomic E-state index is 5.46. The SMILES string of the molecule is NCCc1nc2c([nH]1)CCCC2. The maximum atomic E-state index is 5.46.